The van der Waals surface area contributed by atoms with Gasteiger partial charge < -0.3 is 14.6 Å². The summed E-state index contributed by atoms with van der Waals surface area (Å²) in [4.78, 5) is 11.9. The van der Waals surface area contributed by atoms with E-state index in [2.05, 4.69) is 0 Å². The van der Waals surface area contributed by atoms with Crippen molar-refractivity contribution in [3.63, 3.8) is 0 Å². The van der Waals surface area contributed by atoms with Gasteiger partial charge in [-0.3, -0.25) is 0 Å². The average Bonchev–Trinajstić information content (AvgIpc) is 2.58. The summed E-state index contributed by atoms with van der Waals surface area (Å²) < 4.78 is 10.2. The maximum atomic E-state index is 11.9. The second-order valence-corrected chi connectivity index (χ2v) is 5.46. The summed E-state index contributed by atoms with van der Waals surface area (Å²) in [6.07, 6.45) is 0.632. The second kappa shape index (κ2) is 8.31. The standard InChI is InChI=1S/C20H22O4/c1-4-18(16-7-5-6-14(2)12-16)19(20(21)22)15-8-10-17(11-9-15)24-13-23-3/h5-12H,4,13H2,1-3H3,(H,21,22). The summed E-state index contributed by atoms with van der Waals surface area (Å²) in [5, 5.41) is 9.76. The third-order valence-electron chi connectivity index (χ3n) is 3.72. The highest BCUT2D eigenvalue weighted by Crippen LogP contribution is 2.30. The summed E-state index contributed by atoms with van der Waals surface area (Å²) >= 11 is 0. The highest BCUT2D eigenvalue weighted by molar-refractivity contribution is 6.23. The van der Waals surface area contributed by atoms with Crippen molar-refractivity contribution < 1.29 is 19.4 Å². The summed E-state index contributed by atoms with van der Waals surface area (Å²) in [5.41, 5.74) is 3.84. The van der Waals surface area contributed by atoms with Gasteiger partial charge in [0, 0.05) is 7.11 Å². The van der Waals surface area contributed by atoms with Crippen molar-refractivity contribution in [3.8, 4) is 5.75 Å². The van der Waals surface area contributed by atoms with Gasteiger partial charge >= 0.3 is 5.97 Å². The number of ether oxygens (including phenoxy) is 2. The molecule has 0 aliphatic heterocycles. The van der Waals surface area contributed by atoms with Crippen LogP contribution in [0, 0.1) is 6.92 Å². The largest absolute Gasteiger partial charge is 0.478 e. The zero-order valence-electron chi connectivity index (χ0n) is 14.2. The number of aryl methyl sites for hydroxylation is 1. The molecule has 2 aromatic rings. The Morgan fingerprint density at radius 2 is 1.79 bits per heavy atom. The third-order valence-corrected chi connectivity index (χ3v) is 3.72. The third kappa shape index (κ3) is 4.24. The number of hydrogen-bond donors (Lipinski definition) is 1. The molecule has 0 aliphatic carbocycles. The van der Waals surface area contributed by atoms with Gasteiger partial charge in [0.2, 0.25) is 0 Å². The number of methoxy groups -OCH3 is 1. The molecule has 0 aliphatic rings. The quantitative estimate of drug-likeness (QED) is 0.466. The fraction of sp³-hybridized carbons (Fsp3) is 0.250. The molecule has 0 fully saturated rings. The Hall–Kier alpha value is -2.59. The van der Waals surface area contributed by atoms with E-state index in [-0.39, 0.29) is 6.79 Å². The second-order valence-electron chi connectivity index (χ2n) is 5.46. The molecule has 0 spiro atoms. The highest BCUT2D eigenvalue weighted by Gasteiger charge is 2.17. The van der Waals surface area contributed by atoms with Crippen molar-refractivity contribution in [2.45, 2.75) is 20.3 Å². The first-order valence-corrected chi connectivity index (χ1v) is 7.82. The van der Waals surface area contributed by atoms with Crippen molar-refractivity contribution in [2.75, 3.05) is 13.9 Å². The Bertz CT molecular complexity index is 730. The molecule has 0 heterocycles. The lowest BCUT2D eigenvalue weighted by atomic mass is 9.92. The zero-order chi connectivity index (χ0) is 17.5. The normalized spacial score (nSPS) is 11.8. The van der Waals surface area contributed by atoms with Gasteiger partial charge in [-0.05, 0) is 42.2 Å². The van der Waals surface area contributed by atoms with E-state index in [0.717, 1.165) is 16.7 Å². The molecule has 0 radical (unpaired) electrons. The van der Waals surface area contributed by atoms with E-state index >= 15 is 0 Å². The van der Waals surface area contributed by atoms with Crippen molar-refractivity contribution in [1.29, 1.82) is 0 Å². The number of carboxylic acids is 1. The van der Waals surface area contributed by atoms with Crippen LogP contribution in [0.15, 0.2) is 48.5 Å². The molecule has 2 rings (SSSR count). The number of aliphatic carboxylic acids is 1. The summed E-state index contributed by atoms with van der Waals surface area (Å²) in [6, 6.07) is 14.9. The molecule has 0 saturated heterocycles. The van der Waals surface area contributed by atoms with Crippen molar-refractivity contribution in [1.82, 2.24) is 0 Å². The molecule has 0 atom stereocenters. The van der Waals surface area contributed by atoms with Gasteiger partial charge in [-0.15, -0.1) is 0 Å². The molecule has 0 aromatic heterocycles. The molecule has 2 aromatic carbocycles. The van der Waals surface area contributed by atoms with E-state index in [1.54, 1.807) is 31.4 Å². The number of hydrogen-bond acceptors (Lipinski definition) is 3. The minimum Gasteiger partial charge on any atom is -0.478 e. The summed E-state index contributed by atoms with van der Waals surface area (Å²) in [6.45, 7) is 4.13. The van der Waals surface area contributed by atoms with Crippen molar-refractivity contribution in [2.24, 2.45) is 0 Å². The lowest BCUT2D eigenvalue weighted by Gasteiger charge is -2.13. The number of benzene rings is 2. The number of rotatable bonds is 7. The predicted octanol–water partition coefficient (Wildman–Crippen LogP) is 4.38. The Kier molecular flexibility index (Phi) is 6.15. The molecule has 0 saturated carbocycles. The fourth-order valence-electron chi connectivity index (χ4n) is 2.63. The first-order valence-electron chi connectivity index (χ1n) is 7.82. The van der Waals surface area contributed by atoms with E-state index in [0.29, 0.717) is 23.3 Å². The molecule has 4 heteroatoms. The topological polar surface area (TPSA) is 55.8 Å². The van der Waals surface area contributed by atoms with Gasteiger partial charge in [-0.25, -0.2) is 4.79 Å². The van der Waals surface area contributed by atoms with Crippen LogP contribution in [-0.4, -0.2) is 25.0 Å². The van der Waals surface area contributed by atoms with Gasteiger partial charge in [0.25, 0.3) is 0 Å². The van der Waals surface area contributed by atoms with Gasteiger partial charge in [0.15, 0.2) is 6.79 Å². The van der Waals surface area contributed by atoms with Gasteiger partial charge in [-0.1, -0.05) is 48.9 Å². The molecule has 1 N–H and O–H groups in total. The van der Waals surface area contributed by atoms with Crippen LogP contribution in [0.1, 0.15) is 30.0 Å². The van der Waals surface area contributed by atoms with E-state index < -0.39 is 5.97 Å². The molecule has 24 heavy (non-hydrogen) atoms. The number of carbonyl (C=O) groups is 1. The first kappa shape index (κ1) is 17.8. The number of allylic oxidation sites excluding steroid dienone is 1. The lowest BCUT2D eigenvalue weighted by molar-refractivity contribution is -0.130. The molecule has 0 bridgehead atoms. The summed E-state index contributed by atoms with van der Waals surface area (Å²) in [7, 11) is 1.55. The monoisotopic (exact) mass is 326 g/mol. The maximum absolute atomic E-state index is 11.9. The van der Waals surface area contributed by atoms with Crippen LogP contribution in [0.4, 0.5) is 0 Å². The fourth-order valence-corrected chi connectivity index (χ4v) is 2.63. The Morgan fingerprint density at radius 1 is 1.08 bits per heavy atom. The van der Waals surface area contributed by atoms with Crippen LogP contribution in [0.3, 0.4) is 0 Å². The van der Waals surface area contributed by atoms with E-state index in [4.69, 9.17) is 9.47 Å². The van der Waals surface area contributed by atoms with E-state index in [1.807, 2.05) is 38.1 Å². The minimum atomic E-state index is -0.932. The molecule has 0 unspecified atom stereocenters. The average molecular weight is 326 g/mol. The molecule has 126 valence electrons. The molecule has 4 nitrogen and oxygen atoms in total. The first-order chi connectivity index (χ1) is 11.6. The van der Waals surface area contributed by atoms with E-state index in [1.165, 1.54) is 0 Å². The van der Waals surface area contributed by atoms with Crippen LogP contribution in [0.5, 0.6) is 5.75 Å². The number of carboxylic acid groups (broad SMARTS) is 1. The van der Waals surface area contributed by atoms with Gasteiger partial charge in [-0.2, -0.15) is 0 Å². The molecule has 0 amide bonds. The Labute approximate surface area is 142 Å². The van der Waals surface area contributed by atoms with Crippen LogP contribution >= 0.6 is 0 Å². The van der Waals surface area contributed by atoms with Crippen molar-refractivity contribution >= 4 is 17.1 Å². The maximum Gasteiger partial charge on any atom is 0.336 e. The molecular formula is C20H22O4. The smallest absolute Gasteiger partial charge is 0.336 e. The van der Waals surface area contributed by atoms with Gasteiger partial charge in [0.1, 0.15) is 5.75 Å². The zero-order valence-corrected chi connectivity index (χ0v) is 14.2. The Balaban J connectivity index is 2.48. The highest BCUT2D eigenvalue weighted by atomic mass is 16.7. The lowest BCUT2D eigenvalue weighted by Crippen LogP contribution is -2.04. The Morgan fingerprint density at radius 3 is 2.33 bits per heavy atom. The summed E-state index contributed by atoms with van der Waals surface area (Å²) in [5.74, 6) is -0.294. The van der Waals surface area contributed by atoms with Crippen LogP contribution < -0.4 is 4.74 Å². The predicted molar refractivity (Wildman–Crippen MR) is 94.9 cm³/mol. The van der Waals surface area contributed by atoms with Gasteiger partial charge in [0.05, 0.1) is 5.57 Å². The minimum absolute atomic E-state index is 0.157. The molecular weight excluding hydrogens is 304 g/mol. The van der Waals surface area contributed by atoms with Crippen LogP contribution in [0.2, 0.25) is 0 Å². The van der Waals surface area contributed by atoms with E-state index in [9.17, 15) is 9.90 Å². The van der Waals surface area contributed by atoms with Crippen LogP contribution in [0.25, 0.3) is 11.1 Å². The SMILES string of the molecule is CCC(=C(C(=O)O)c1ccc(OCOC)cc1)c1cccc(C)c1. The van der Waals surface area contributed by atoms with Crippen LogP contribution in [-0.2, 0) is 9.53 Å². The van der Waals surface area contributed by atoms with Crippen molar-refractivity contribution in [3.05, 3.63) is 65.2 Å².